The van der Waals surface area contributed by atoms with Crippen molar-refractivity contribution in [3.05, 3.63) is 120 Å². The highest BCUT2D eigenvalue weighted by atomic mass is 19.4. The molecule has 8 aromatic rings. The number of halogens is 6. The lowest BCUT2D eigenvalue weighted by molar-refractivity contribution is -0.138. The van der Waals surface area contributed by atoms with Crippen LogP contribution >= 0.6 is 0 Å². The Morgan fingerprint density at radius 2 is 1.11 bits per heavy atom. The molecule has 0 aliphatic rings. The molecule has 0 unspecified atom stereocenters. The second-order valence-electron chi connectivity index (χ2n) is 14.2. The molecule has 16 heteroatoms. The van der Waals surface area contributed by atoms with E-state index in [1.54, 1.807) is 93.3 Å². The molecule has 0 saturated carbocycles. The maximum Gasteiger partial charge on any atom is 0.416 e. The summed E-state index contributed by atoms with van der Waals surface area (Å²) in [6.07, 6.45) is -4.91. The summed E-state index contributed by atoms with van der Waals surface area (Å²) >= 11 is 0. The van der Waals surface area contributed by atoms with E-state index in [0.717, 1.165) is 35.0 Å². The molecule has 0 spiro atoms. The predicted molar refractivity (Wildman–Crippen MR) is 204 cm³/mol. The van der Waals surface area contributed by atoms with Crippen molar-refractivity contribution in [2.75, 3.05) is 13.6 Å². The number of alkyl halides is 6. The summed E-state index contributed by atoms with van der Waals surface area (Å²) in [5.74, 6) is -0.584. The van der Waals surface area contributed by atoms with E-state index >= 15 is 0 Å². The van der Waals surface area contributed by atoms with Gasteiger partial charge >= 0.3 is 12.4 Å². The topological polar surface area (TPSA) is 94.9 Å². The van der Waals surface area contributed by atoms with Crippen molar-refractivity contribution < 1.29 is 35.9 Å². The Kier molecular flexibility index (Phi) is 8.89. The van der Waals surface area contributed by atoms with Crippen LogP contribution in [0.1, 0.15) is 45.2 Å². The van der Waals surface area contributed by atoms with Crippen molar-refractivity contribution in [3.63, 3.8) is 0 Å². The van der Waals surface area contributed by atoms with E-state index in [9.17, 15) is 35.9 Å². The SMILES string of the molecule is C[C@@H](CCN(C)C(=O)c1ccc2c(c1)c1cn(C)nc1n2-c1ccc(C(F)(F)F)cc1)NC(=O)c1ccc2c(c1)c1cn(C)nc1n2-c1ccc(C(F)(F)F)cc1. The Morgan fingerprint density at radius 1 is 0.667 bits per heavy atom. The Hall–Kier alpha value is -6.58. The van der Waals surface area contributed by atoms with Gasteiger partial charge in [-0.3, -0.25) is 28.1 Å². The van der Waals surface area contributed by atoms with E-state index in [1.807, 2.05) is 6.92 Å². The molecule has 0 aliphatic heterocycles. The Balaban J connectivity index is 0.970. The van der Waals surface area contributed by atoms with Crippen LogP contribution in [0.15, 0.2) is 97.3 Å². The molecule has 0 bridgehead atoms. The van der Waals surface area contributed by atoms with Gasteiger partial charge in [-0.1, -0.05) is 0 Å². The van der Waals surface area contributed by atoms with E-state index < -0.39 is 23.5 Å². The van der Waals surface area contributed by atoms with Gasteiger partial charge in [0.2, 0.25) is 0 Å². The number of nitrogens with zero attached hydrogens (tertiary/aromatic N) is 7. The average molecular weight is 785 g/mol. The normalized spacial score (nSPS) is 12.9. The first kappa shape index (κ1) is 37.3. The van der Waals surface area contributed by atoms with Gasteiger partial charge in [0, 0.05) is 90.2 Å². The zero-order chi connectivity index (χ0) is 40.6. The van der Waals surface area contributed by atoms with Crippen LogP contribution in [-0.2, 0) is 26.4 Å². The van der Waals surface area contributed by atoms with Crippen LogP contribution in [0.25, 0.3) is 55.2 Å². The number of aryl methyl sites for hydroxylation is 2. The number of carbonyl (C=O) groups excluding carboxylic acids is 2. The van der Waals surface area contributed by atoms with Crippen LogP contribution < -0.4 is 5.32 Å². The second kappa shape index (κ2) is 13.6. The highest BCUT2D eigenvalue weighted by Crippen LogP contribution is 2.36. The van der Waals surface area contributed by atoms with Gasteiger partial charge in [0.15, 0.2) is 11.3 Å². The summed E-state index contributed by atoms with van der Waals surface area (Å²) in [5, 5.41) is 15.0. The number of nitrogens with one attached hydrogen (secondary N) is 1. The molecule has 1 atom stereocenters. The summed E-state index contributed by atoms with van der Waals surface area (Å²) in [7, 11) is 5.15. The van der Waals surface area contributed by atoms with Gasteiger partial charge in [-0.15, -0.1) is 0 Å². The molecule has 0 fully saturated rings. The van der Waals surface area contributed by atoms with Crippen molar-refractivity contribution in [1.29, 1.82) is 0 Å². The van der Waals surface area contributed by atoms with Gasteiger partial charge in [-0.2, -0.15) is 36.5 Å². The number of fused-ring (bicyclic) bond motifs is 6. The molecule has 10 nitrogen and oxygen atoms in total. The molecule has 292 valence electrons. The van der Waals surface area contributed by atoms with E-state index in [4.69, 9.17) is 0 Å². The second-order valence-corrected chi connectivity index (χ2v) is 14.2. The Morgan fingerprint density at radius 3 is 1.56 bits per heavy atom. The molecular formula is C41H34F6N8O2. The molecule has 2 amide bonds. The number of benzene rings is 4. The van der Waals surface area contributed by atoms with E-state index in [-0.39, 0.29) is 17.9 Å². The monoisotopic (exact) mass is 784 g/mol. The molecule has 0 radical (unpaired) electrons. The van der Waals surface area contributed by atoms with Crippen molar-refractivity contribution >= 4 is 55.7 Å². The lowest BCUT2D eigenvalue weighted by Crippen LogP contribution is -2.36. The number of amides is 2. The van der Waals surface area contributed by atoms with Crippen molar-refractivity contribution in [3.8, 4) is 11.4 Å². The third kappa shape index (κ3) is 6.74. The number of hydrogen-bond acceptors (Lipinski definition) is 4. The largest absolute Gasteiger partial charge is 0.416 e. The lowest BCUT2D eigenvalue weighted by atomic mass is 10.1. The predicted octanol–water partition coefficient (Wildman–Crippen LogP) is 8.67. The molecule has 57 heavy (non-hydrogen) atoms. The summed E-state index contributed by atoms with van der Waals surface area (Å²) < 4.78 is 86.2. The van der Waals surface area contributed by atoms with Crippen molar-refractivity contribution in [2.24, 2.45) is 14.1 Å². The highest BCUT2D eigenvalue weighted by Gasteiger charge is 2.31. The van der Waals surface area contributed by atoms with Crippen LogP contribution in [-0.4, -0.2) is 65.0 Å². The molecule has 1 N–H and O–H groups in total. The van der Waals surface area contributed by atoms with Crippen LogP contribution in [0.5, 0.6) is 0 Å². The van der Waals surface area contributed by atoms with Gasteiger partial charge in [0.1, 0.15) is 0 Å². The first-order valence-corrected chi connectivity index (χ1v) is 17.8. The van der Waals surface area contributed by atoms with Crippen LogP contribution in [0.4, 0.5) is 26.3 Å². The molecule has 4 aromatic carbocycles. The van der Waals surface area contributed by atoms with E-state index in [0.29, 0.717) is 68.6 Å². The number of carbonyl (C=O) groups is 2. The third-order valence-corrected chi connectivity index (χ3v) is 10.1. The highest BCUT2D eigenvalue weighted by molar-refractivity contribution is 6.11. The summed E-state index contributed by atoms with van der Waals surface area (Å²) in [6.45, 7) is 2.16. The quantitative estimate of drug-likeness (QED) is 0.156. The van der Waals surface area contributed by atoms with Crippen LogP contribution in [0, 0.1) is 0 Å². The maximum atomic E-state index is 13.6. The van der Waals surface area contributed by atoms with Gasteiger partial charge in [0.25, 0.3) is 11.8 Å². The third-order valence-electron chi connectivity index (χ3n) is 10.1. The molecule has 0 aliphatic carbocycles. The van der Waals surface area contributed by atoms with Gasteiger partial charge in [-0.25, -0.2) is 0 Å². The molecule has 8 rings (SSSR count). The minimum Gasteiger partial charge on any atom is -0.350 e. The minimum absolute atomic E-state index is 0.252. The Bertz CT molecular complexity index is 2840. The van der Waals surface area contributed by atoms with Crippen molar-refractivity contribution in [2.45, 2.75) is 31.7 Å². The molecule has 4 heterocycles. The zero-order valence-electron chi connectivity index (χ0n) is 30.9. The minimum atomic E-state index is -4.47. The number of aromatic nitrogens is 6. The van der Waals surface area contributed by atoms with Crippen molar-refractivity contribution in [1.82, 2.24) is 38.9 Å². The smallest absolute Gasteiger partial charge is 0.350 e. The summed E-state index contributed by atoms with van der Waals surface area (Å²) in [5.41, 5.74) is 2.70. The fourth-order valence-electron chi connectivity index (χ4n) is 7.27. The van der Waals surface area contributed by atoms with E-state index in [2.05, 4.69) is 15.5 Å². The Labute approximate surface area is 320 Å². The number of rotatable bonds is 8. The fourth-order valence-corrected chi connectivity index (χ4v) is 7.27. The summed E-state index contributed by atoms with van der Waals surface area (Å²) in [4.78, 5) is 28.7. The zero-order valence-corrected chi connectivity index (χ0v) is 30.9. The molecule has 4 aromatic heterocycles. The lowest BCUT2D eigenvalue weighted by Gasteiger charge is -2.21. The maximum absolute atomic E-state index is 13.6. The standard InChI is InChI=1S/C41H34F6N8O2/c1-23(48-38(56)24-5-15-34-30(19-24)32-21-52(3)49-36(32)54(34)28-11-7-26(8-12-28)40(42,43)44)17-18-51(2)39(57)25-6-16-35-31(20-25)33-22-53(4)50-37(33)55(35)29-13-9-27(10-14-29)41(45,46)47/h5-16,19-23H,17-18H2,1-4H3,(H,48,56)/t23-/m0/s1. The molecule has 0 saturated heterocycles. The first-order valence-electron chi connectivity index (χ1n) is 17.8. The number of hydrogen-bond donors (Lipinski definition) is 1. The summed E-state index contributed by atoms with van der Waals surface area (Å²) in [6, 6.07) is 19.7. The van der Waals surface area contributed by atoms with E-state index in [1.165, 1.54) is 24.3 Å². The average Bonchev–Trinajstić information content (AvgIpc) is 3.89. The van der Waals surface area contributed by atoms with Crippen LogP contribution in [0.2, 0.25) is 0 Å². The first-order chi connectivity index (χ1) is 27.0. The fraction of sp³-hybridized carbons (Fsp3) is 0.220. The molecular weight excluding hydrogens is 750 g/mol. The van der Waals surface area contributed by atoms with Gasteiger partial charge < -0.3 is 10.2 Å². The van der Waals surface area contributed by atoms with Gasteiger partial charge in [-0.05, 0) is 98.3 Å². The van der Waals surface area contributed by atoms with Gasteiger partial charge in [0.05, 0.1) is 22.2 Å². The van der Waals surface area contributed by atoms with Crippen LogP contribution in [0.3, 0.4) is 0 Å².